The number of aliphatic carboxylic acids is 1. The smallest absolute Gasteiger partial charge is 0.325 e. The van der Waals surface area contributed by atoms with Crippen LogP contribution in [0.5, 0.6) is 0 Å². The minimum Gasteiger partial charge on any atom is -0.480 e. The molecule has 1 heterocycles. The summed E-state index contributed by atoms with van der Waals surface area (Å²) in [6.07, 6.45) is 2.30. The molecule has 0 spiro atoms. The van der Waals surface area contributed by atoms with Crippen LogP contribution in [0.3, 0.4) is 0 Å². The number of hydrogen-bond acceptors (Lipinski definition) is 4. The summed E-state index contributed by atoms with van der Waals surface area (Å²) in [5.41, 5.74) is 2.21. The molecule has 0 aliphatic carbocycles. The first-order valence-electron chi connectivity index (χ1n) is 6.12. The van der Waals surface area contributed by atoms with Crippen molar-refractivity contribution in [3.8, 4) is 0 Å². The number of carboxylic acid groups (broad SMARTS) is 1. The van der Waals surface area contributed by atoms with Gasteiger partial charge in [0.2, 0.25) is 0 Å². The van der Waals surface area contributed by atoms with E-state index in [4.69, 9.17) is 5.11 Å². The Balaban J connectivity index is 2.28. The Labute approximate surface area is 122 Å². The van der Waals surface area contributed by atoms with Crippen LogP contribution < -0.4 is 4.72 Å². The number of carbonyl (C=O) groups is 1. The predicted octanol–water partition coefficient (Wildman–Crippen LogP) is 1.39. The molecule has 0 fully saturated rings. The lowest BCUT2D eigenvalue weighted by molar-refractivity contribution is -0.137. The molecule has 112 valence electrons. The van der Waals surface area contributed by atoms with Gasteiger partial charge in [-0.15, -0.1) is 0 Å². The molecule has 2 rings (SSSR count). The monoisotopic (exact) mass is 309 g/mol. The predicted molar refractivity (Wildman–Crippen MR) is 76.6 cm³/mol. The Kier molecular flexibility index (Phi) is 3.99. The highest BCUT2D eigenvalue weighted by molar-refractivity contribution is 7.92. The second-order valence-corrected chi connectivity index (χ2v) is 6.37. The highest BCUT2D eigenvalue weighted by atomic mass is 32.2. The largest absolute Gasteiger partial charge is 0.480 e. The topological polar surface area (TPSA) is 101 Å². The molecule has 0 unspecified atom stereocenters. The van der Waals surface area contributed by atoms with Crippen LogP contribution in [0.15, 0.2) is 35.5 Å². The molecule has 0 saturated carbocycles. The summed E-state index contributed by atoms with van der Waals surface area (Å²) in [6.45, 7) is 3.27. The third kappa shape index (κ3) is 3.60. The fraction of sp³-hybridized carbons (Fsp3) is 0.231. The number of aryl methyl sites for hydroxylation is 2. The molecule has 8 heteroatoms. The Hall–Kier alpha value is -2.35. The van der Waals surface area contributed by atoms with Gasteiger partial charge in [0.1, 0.15) is 11.4 Å². The molecule has 0 bridgehead atoms. The van der Waals surface area contributed by atoms with E-state index in [1.807, 2.05) is 19.1 Å². The average molecular weight is 309 g/mol. The zero-order chi connectivity index (χ0) is 15.6. The quantitative estimate of drug-likeness (QED) is 0.869. The zero-order valence-electron chi connectivity index (χ0n) is 11.6. The SMILES string of the molecule is Cc1ccc(C)c(NS(=O)(=O)c2cnn(CC(=O)O)c2)c1. The Morgan fingerprint density at radius 2 is 2.10 bits per heavy atom. The van der Waals surface area contributed by atoms with E-state index >= 15 is 0 Å². The minimum atomic E-state index is -3.79. The summed E-state index contributed by atoms with van der Waals surface area (Å²) in [4.78, 5) is 10.5. The van der Waals surface area contributed by atoms with Crippen molar-refractivity contribution >= 4 is 21.7 Å². The van der Waals surface area contributed by atoms with E-state index in [-0.39, 0.29) is 11.4 Å². The lowest BCUT2D eigenvalue weighted by Crippen LogP contribution is -2.13. The first kappa shape index (κ1) is 15.0. The Morgan fingerprint density at radius 1 is 1.38 bits per heavy atom. The number of sulfonamides is 1. The van der Waals surface area contributed by atoms with Crippen molar-refractivity contribution in [1.82, 2.24) is 9.78 Å². The van der Waals surface area contributed by atoms with Gasteiger partial charge in [-0.25, -0.2) is 8.42 Å². The van der Waals surface area contributed by atoms with E-state index in [2.05, 4.69) is 9.82 Å². The summed E-state index contributed by atoms with van der Waals surface area (Å²) >= 11 is 0. The number of nitrogens with one attached hydrogen (secondary N) is 1. The number of anilines is 1. The molecule has 2 aromatic rings. The van der Waals surface area contributed by atoms with Crippen molar-refractivity contribution in [3.63, 3.8) is 0 Å². The van der Waals surface area contributed by atoms with Crippen LogP contribution in [-0.2, 0) is 21.4 Å². The minimum absolute atomic E-state index is 0.0790. The van der Waals surface area contributed by atoms with Crippen LogP contribution in [0.2, 0.25) is 0 Å². The number of carboxylic acids is 1. The van der Waals surface area contributed by atoms with E-state index in [0.717, 1.165) is 22.0 Å². The number of rotatable bonds is 5. The van der Waals surface area contributed by atoms with E-state index in [1.54, 1.807) is 13.0 Å². The average Bonchev–Trinajstić information content (AvgIpc) is 2.82. The fourth-order valence-electron chi connectivity index (χ4n) is 1.76. The molecule has 2 N–H and O–H groups in total. The normalized spacial score (nSPS) is 11.3. The number of benzene rings is 1. The van der Waals surface area contributed by atoms with Crippen LogP contribution in [0.1, 0.15) is 11.1 Å². The zero-order valence-corrected chi connectivity index (χ0v) is 12.4. The van der Waals surface area contributed by atoms with Crippen molar-refractivity contribution in [1.29, 1.82) is 0 Å². The van der Waals surface area contributed by atoms with E-state index in [1.165, 1.54) is 6.20 Å². The third-order valence-corrected chi connectivity index (χ3v) is 4.17. The molecule has 0 aliphatic rings. The maximum absolute atomic E-state index is 12.3. The maximum Gasteiger partial charge on any atom is 0.325 e. The molecule has 0 radical (unpaired) electrons. The standard InChI is InChI=1S/C13H15N3O4S/c1-9-3-4-10(2)12(5-9)15-21(19,20)11-6-14-16(7-11)8-13(17)18/h3-7,15H,8H2,1-2H3,(H,17,18). The molecule has 7 nitrogen and oxygen atoms in total. The van der Waals surface area contributed by atoms with Gasteiger partial charge in [-0.1, -0.05) is 12.1 Å². The maximum atomic E-state index is 12.3. The lowest BCUT2D eigenvalue weighted by atomic mass is 10.1. The molecule has 21 heavy (non-hydrogen) atoms. The highest BCUT2D eigenvalue weighted by Crippen LogP contribution is 2.20. The van der Waals surface area contributed by atoms with Crippen LogP contribution in [0, 0.1) is 13.8 Å². The second-order valence-electron chi connectivity index (χ2n) is 4.69. The van der Waals surface area contributed by atoms with Crippen LogP contribution in [-0.4, -0.2) is 29.3 Å². The molecule has 1 aromatic carbocycles. The van der Waals surface area contributed by atoms with Gasteiger partial charge in [0.15, 0.2) is 0 Å². The third-order valence-electron chi connectivity index (χ3n) is 2.85. The molecule has 1 aromatic heterocycles. The van der Waals surface area contributed by atoms with Gasteiger partial charge in [0.25, 0.3) is 10.0 Å². The molecule has 0 atom stereocenters. The second kappa shape index (κ2) is 5.57. The Bertz CT molecular complexity index is 780. The molecule has 0 aliphatic heterocycles. The first-order chi connectivity index (χ1) is 9.78. The number of aromatic nitrogens is 2. The molecular formula is C13H15N3O4S. The van der Waals surface area contributed by atoms with Crippen molar-refractivity contribution in [2.24, 2.45) is 0 Å². The van der Waals surface area contributed by atoms with Gasteiger partial charge in [0, 0.05) is 6.20 Å². The summed E-state index contributed by atoms with van der Waals surface area (Å²) in [5, 5.41) is 12.4. The van der Waals surface area contributed by atoms with Gasteiger partial charge in [-0.3, -0.25) is 14.2 Å². The molecular weight excluding hydrogens is 294 g/mol. The summed E-state index contributed by atoms with van der Waals surface area (Å²) < 4.78 is 28.0. The van der Waals surface area contributed by atoms with Crippen molar-refractivity contribution < 1.29 is 18.3 Å². The van der Waals surface area contributed by atoms with E-state index < -0.39 is 16.0 Å². The summed E-state index contributed by atoms with van der Waals surface area (Å²) in [7, 11) is -3.79. The number of nitrogens with zero attached hydrogens (tertiary/aromatic N) is 2. The van der Waals surface area contributed by atoms with Crippen molar-refractivity contribution in [2.45, 2.75) is 25.3 Å². The van der Waals surface area contributed by atoms with Crippen LogP contribution in [0.4, 0.5) is 5.69 Å². The van der Waals surface area contributed by atoms with Gasteiger partial charge in [-0.2, -0.15) is 5.10 Å². The van der Waals surface area contributed by atoms with E-state index in [0.29, 0.717) is 5.69 Å². The summed E-state index contributed by atoms with van der Waals surface area (Å²) in [6, 6.07) is 5.44. The van der Waals surface area contributed by atoms with Gasteiger partial charge in [0.05, 0.1) is 11.9 Å². The first-order valence-corrected chi connectivity index (χ1v) is 7.60. The van der Waals surface area contributed by atoms with Gasteiger partial charge < -0.3 is 5.11 Å². The lowest BCUT2D eigenvalue weighted by Gasteiger charge is -2.10. The van der Waals surface area contributed by atoms with Gasteiger partial charge >= 0.3 is 5.97 Å². The van der Waals surface area contributed by atoms with Gasteiger partial charge in [-0.05, 0) is 31.0 Å². The van der Waals surface area contributed by atoms with E-state index in [9.17, 15) is 13.2 Å². The fourth-order valence-corrected chi connectivity index (χ4v) is 2.83. The number of hydrogen-bond donors (Lipinski definition) is 2. The molecule has 0 saturated heterocycles. The molecule has 0 amide bonds. The summed E-state index contributed by atoms with van der Waals surface area (Å²) in [5.74, 6) is -1.09. The highest BCUT2D eigenvalue weighted by Gasteiger charge is 2.18. The van der Waals surface area contributed by atoms with Crippen molar-refractivity contribution in [3.05, 3.63) is 41.7 Å². The Morgan fingerprint density at radius 3 is 2.76 bits per heavy atom. The van der Waals surface area contributed by atoms with Crippen LogP contribution >= 0.6 is 0 Å². The van der Waals surface area contributed by atoms with Crippen molar-refractivity contribution in [2.75, 3.05) is 4.72 Å². The van der Waals surface area contributed by atoms with Crippen LogP contribution in [0.25, 0.3) is 0 Å².